The van der Waals surface area contributed by atoms with E-state index in [1.807, 2.05) is 6.92 Å². The fourth-order valence-electron chi connectivity index (χ4n) is 2.04. The molecular formula is C14H17ClFN3O. The monoisotopic (exact) mass is 297 g/mol. The van der Waals surface area contributed by atoms with Crippen LogP contribution < -0.4 is 10.5 Å². The highest BCUT2D eigenvalue weighted by Crippen LogP contribution is 2.26. The molecule has 0 bridgehead atoms. The third kappa shape index (κ3) is 2.94. The molecule has 1 aromatic carbocycles. The number of hydrogen-bond donors (Lipinski definition) is 1. The summed E-state index contributed by atoms with van der Waals surface area (Å²) >= 11 is 6.14. The molecule has 1 heterocycles. The van der Waals surface area contributed by atoms with E-state index in [1.165, 1.54) is 6.07 Å². The lowest BCUT2D eigenvalue weighted by Gasteiger charge is -2.12. The van der Waals surface area contributed by atoms with Gasteiger partial charge in [-0.2, -0.15) is 5.10 Å². The van der Waals surface area contributed by atoms with Crippen molar-refractivity contribution in [3.63, 3.8) is 0 Å². The molecule has 0 spiro atoms. The molecule has 0 aliphatic carbocycles. The van der Waals surface area contributed by atoms with Gasteiger partial charge in [-0.15, -0.1) is 0 Å². The van der Waals surface area contributed by atoms with Crippen LogP contribution in [-0.4, -0.2) is 16.3 Å². The van der Waals surface area contributed by atoms with Gasteiger partial charge in [-0.25, -0.2) is 4.39 Å². The first-order valence-corrected chi connectivity index (χ1v) is 6.70. The topological polar surface area (TPSA) is 53.1 Å². The molecule has 1 aromatic heterocycles. The highest BCUT2D eigenvalue weighted by molar-refractivity contribution is 6.31. The maximum Gasteiger partial charge on any atom is 0.165 e. The molecule has 0 atom stereocenters. The van der Waals surface area contributed by atoms with Crippen molar-refractivity contribution < 1.29 is 9.13 Å². The molecule has 0 amide bonds. The van der Waals surface area contributed by atoms with E-state index < -0.39 is 5.82 Å². The van der Waals surface area contributed by atoms with Crippen LogP contribution in [0.25, 0.3) is 0 Å². The highest BCUT2D eigenvalue weighted by Gasteiger charge is 2.14. The fourth-order valence-corrected chi connectivity index (χ4v) is 2.26. The van der Waals surface area contributed by atoms with Crippen LogP contribution in [-0.2, 0) is 20.1 Å². The Morgan fingerprint density at radius 2 is 2.20 bits per heavy atom. The van der Waals surface area contributed by atoms with Crippen LogP contribution in [0.15, 0.2) is 18.2 Å². The van der Waals surface area contributed by atoms with E-state index in [2.05, 4.69) is 5.10 Å². The summed E-state index contributed by atoms with van der Waals surface area (Å²) in [6.07, 6.45) is 0.561. The fraction of sp³-hybridized carbons (Fsp3) is 0.357. The number of aryl methyl sites for hydroxylation is 2. The second-order valence-electron chi connectivity index (χ2n) is 4.53. The van der Waals surface area contributed by atoms with Gasteiger partial charge < -0.3 is 10.5 Å². The van der Waals surface area contributed by atoms with Gasteiger partial charge in [0, 0.05) is 7.05 Å². The molecule has 0 aliphatic rings. The first kappa shape index (κ1) is 14.8. The molecule has 0 radical (unpaired) electrons. The number of ether oxygens (including phenoxy) is 1. The van der Waals surface area contributed by atoms with E-state index in [4.69, 9.17) is 22.1 Å². The van der Waals surface area contributed by atoms with Crippen molar-refractivity contribution in [2.45, 2.75) is 20.0 Å². The molecule has 2 rings (SSSR count). The van der Waals surface area contributed by atoms with Crippen molar-refractivity contribution >= 4 is 11.6 Å². The lowest BCUT2D eigenvalue weighted by molar-refractivity contribution is 0.277. The van der Waals surface area contributed by atoms with Crippen molar-refractivity contribution in [3.05, 3.63) is 46.0 Å². The summed E-state index contributed by atoms with van der Waals surface area (Å²) in [6, 6.07) is 4.82. The lowest BCUT2D eigenvalue weighted by atomic mass is 10.1. The Morgan fingerprint density at radius 1 is 1.45 bits per heavy atom. The van der Waals surface area contributed by atoms with Crippen LogP contribution in [0.5, 0.6) is 5.75 Å². The van der Waals surface area contributed by atoms with Crippen molar-refractivity contribution in [1.29, 1.82) is 0 Å². The summed E-state index contributed by atoms with van der Waals surface area (Å²) in [4.78, 5) is 0. The lowest BCUT2D eigenvalue weighted by Crippen LogP contribution is -2.08. The van der Waals surface area contributed by atoms with E-state index in [9.17, 15) is 4.39 Å². The van der Waals surface area contributed by atoms with Gasteiger partial charge in [-0.1, -0.05) is 23.7 Å². The molecule has 0 saturated heterocycles. The number of halogens is 2. The first-order valence-electron chi connectivity index (χ1n) is 6.32. The van der Waals surface area contributed by atoms with Crippen molar-refractivity contribution in [1.82, 2.24) is 9.78 Å². The van der Waals surface area contributed by atoms with Crippen molar-refractivity contribution in [2.24, 2.45) is 12.8 Å². The predicted molar refractivity (Wildman–Crippen MR) is 76.4 cm³/mol. The van der Waals surface area contributed by atoms with Gasteiger partial charge in [0.1, 0.15) is 6.61 Å². The van der Waals surface area contributed by atoms with Crippen LogP contribution in [0.3, 0.4) is 0 Å². The number of benzene rings is 1. The molecule has 20 heavy (non-hydrogen) atoms. The summed E-state index contributed by atoms with van der Waals surface area (Å²) < 4.78 is 21.1. The van der Waals surface area contributed by atoms with E-state index in [1.54, 1.807) is 23.9 Å². The Labute approximate surface area is 122 Å². The number of para-hydroxylation sites is 1. The van der Waals surface area contributed by atoms with Crippen LogP contribution in [0.4, 0.5) is 4.39 Å². The van der Waals surface area contributed by atoms with Crippen LogP contribution in [0.2, 0.25) is 5.02 Å². The van der Waals surface area contributed by atoms with E-state index >= 15 is 0 Å². The van der Waals surface area contributed by atoms with Gasteiger partial charge in [0.15, 0.2) is 11.6 Å². The SMILES string of the molecule is Cc1nn(C)c(COc2c(F)cccc2CCN)c1Cl. The van der Waals surface area contributed by atoms with Gasteiger partial charge in [-0.3, -0.25) is 4.68 Å². The predicted octanol–water partition coefficient (Wildman–Crippen LogP) is 2.60. The summed E-state index contributed by atoms with van der Waals surface area (Å²) in [5.74, 6) is -0.168. The minimum absolute atomic E-state index is 0.161. The molecule has 2 aromatic rings. The van der Waals surface area contributed by atoms with E-state index in [-0.39, 0.29) is 12.4 Å². The summed E-state index contributed by atoms with van der Waals surface area (Å²) in [6.45, 7) is 2.41. The Morgan fingerprint density at radius 3 is 2.80 bits per heavy atom. The van der Waals surface area contributed by atoms with E-state index in [0.29, 0.717) is 23.7 Å². The Balaban J connectivity index is 2.22. The maximum atomic E-state index is 13.9. The Hall–Kier alpha value is -1.59. The number of hydrogen-bond acceptors (Lipinski definition) is 3. The maximum absolute atomic E-state index is 13.9. The summed E-state index contributed by atoms with van der Waals surface area (Å²) in [7, 11) is 1.78. The van der Waals surface area contributed by atoms with Gasteiger partial charge in [0.2, 0.25) is 0 Å². The normalized spacial score (nSPS) is 10.8. The molecule has 0 saturated carbocycles. The molecule has 4 nitrogen and oxygen atoms in total. The first-order chi connectivity index (χ1) is 9.54. The van der Waals surface area contributed by atoms with Crippen LogP contribution >= 0.6 is 11.6 Å². The van der Waals surface area contributed by atoms with Crippen molar-refractivity contribution in [3.8, 4) is 5.75 Å². The third-order valence-electron chi connectivity index (χ3n) is 3.08. The van der Waals surface area contributed by atoms with Gasteiger partial charge >= 0.3 is 0 Å². The minimum Gasteiger partial charge on any atom is -0.484 e. The molecule has 0 aliphatic heterocycles. The average molecular weight is 298 g/mol. The molecule has 108 valence electrons. The molecule has 6 heteroatoms. The van der Waals surface area contributed by atoms with Gasteiger partial charge in [0.25, 0.3) is 0 Å². The average Bonchev–Trinajstić information content (AvgIpc) is 2.64. The minimum atomic E-state index is -0.397. The van der Waals surface area contributed by atoms with Crippen LogP contribution in [0.1, 0.15) is 17.0 Å². The van der Waals surface area contributed by atoms with Gasteiger partial charge in [0.05, 0.1) is 16.4 Å². The third-order valence-corrected chi connectivity index (χ3v) is 3.57. The van der Waals surface area contributed by atoms with E-state index in [0.717, 1.165) is 11.3 Å². The zero-order valence-electron chi connectivity index (χ0n) is 11.5. The smallest absolute Gasteiger partial charge is 0.165 e. The number of nitrogens with two attached hydrogens (primary N) is 1. The zero-order chi connectivity index (χ0) is 14.7. The quantitative estimate of drug-likeness (QED) is 0.923. The van der Waals surface area contributed by atoms with Crippen LogP contribution in [0, 0.1) is 12.7 Å². The number of rotatable bonds is 5. The summed E-state index contributed by atoms with van der Waals surface area (Å²) in [5, 5.41) is 4.74. The summed E-state index contributed by atoms with van der Waals surface area (Å²) in [5.41, 5.74) is 7.72. The molecule has 0 unspecified atom stereocenters. The Kier molecular flexibility index (Phi) is 4.62. The molecule has 0 fully saturated rings. The van der Waals surface area contributed by atoms with Crippen molar-refractivity contribution in [2.75, 3.05) is 6.54 Å². The number of aromatic nitrogens is 2. The number of nitrogens with zero attached hydrogens (tertiary/aromatic N) is 2. The second-order valence-corrected chi connectivity index (χ2v) is 4.90. The molecule has 2 N–H and O–H groups in total. The molecular weight excluding hydrogens is 281 g/mol. The highest BCUT2D eigenvalue weighted by atomic mass is 35.5. The zero-order valence-corrected chi connectivity index (χ0v) is 12.2. The van der Waals surface area contributed by atoms with Gasteiger partial charge in [-0.05, 0) is 31.5 Å². The second kappa shape index (κ2) is 6.24. The largest absolute Gasteiger partial charge is 0.484 e. The Bertz CT molecular complexity index is 613. The standard InChI is InChI=1S/C14H17ClFN3O/c1-9-13(15)12(19(2)18-9)8-20-14-10(6-7-17)4-3-5-11(14)16/h3-5H,6-8,17H2,1-2H3.